The maximum atomic E-state index is 13.0. The Bertz CT molecular complexity index is 256. The Labute approximate surface area is 93.6 Å². The quantitative estimate of drug-likeness (QED) is 0.814. The monoisotopic (exact) mass is 237 g/mol. The van der Waals surface area contributed by atoms with Crippen molar-refractivity contribution in [1.82, 2.24) is 5.32 Å². The first-order valence-electron chi connectivity index (χ1n) is 5.67. The number of ketones is 1. The zero-order chi connectivity index (χ0) is 12.4. The summed E-state index contributed by atoms with van der Waals surface area (Å²) in [6, 6.07) is 0. The summed E-state index contributed by atoms with van der Waals surface area (Å²) in [6.07, 6.45) is -3.30. The van der Waals surface area contributed by atoms with Crippen LogP contribution in [0.15, 0.2) is 0 Å². The molecular formula is C11H18F3NO. The van der Waals surface area contributed by atoms with Gasteiger partial charge >= 0.3 is 6.18 Å². The Hall–Kier alpha value is -0.580. The standard InChI is InChI=1S/C11H18F3NO/c1-3-4-8(2)9(16)10(11(12,13)14)5-6-15-7-10/h8,15H,3-7H2,1-2H3. The number of rotatable bonds is 4. The van der Waals surface area contributed by atoms with Gasteiger partial charge in [-0.25, -0.2) is 0 Å². The molecule has 2 unspecified atom stereocenters. The van der Waals surface area contributed by atoms with Gasteiger partial charge in [0.15, 0.2) is 5.78 Å². The maximum absolute atomic E-state index is 13.0. The smallest absolute Gasteiger partial charge is 0.315 e. The molecule has 1 heterocycles. The Morgan fingerprint density at radius 2 is 2.12 bits per heavy atom. The third kappa shape index (κ3) is 2.24. The van der Waals surface area contributed by atoms with E-state index in [1.165, 1.54) is 0 Å². The molecule has 0 spiro atoms. The minimum Gasteiger partial charge on any atom is -0.315 e. The van der Waals surface area contributed by atoms with Crippen LogP contribution in [-0.4, -0.2) is 25.0 Å². The SMILES string of the molecule is CCCC(C)C(=O)C1(C(F)(F)F)CCNC1. The van der Waals surface area contributed by atoms with Crippen LogP contribution >= 0.6 is 0 Å². The van der Waals surface area contributed by atoms with E-state index >= 15 is 0 Å². The topological polar surface area (TPSA) is 29.1 Å². The van der Waals surface area contributed by atoms with Crippen molar-refractivity contribution in [1.29, 1.82) is 0 Å². The highest BCUT2D eigenvalue weighted by atomic mass is 19.4. The summed E-state index contributed by atoms with van der Waals surface area (Å²) >= 11 is 0. The Balaban J connectivity index is 2.90. The van der Waals surface area contributed by atoms with Crippen LogP contribution in [0.4, 0.5) is 13.2 Å². The Morgan fingerprint density at radius 3 is 2.50 bits per heavy atom. The first kappa shape index (κ1) is 13.5. The summed E-state index contributed by atoms with van der Waals surface area (Å²) in [5.41, 5.74) is -2.14. The van der Waals surface area contributed by atoms with Crippen LogP contribution in [-0.2, 0) is 4.79 Å². The van der Waals surface area contributed by atoms with Crippen molar-refractivity contribution in [3.8, 4) is 0 Å². The van der Waals surface area contributed by atoms with Crippen LogP contribution in [0.1, 0.15) is 33.1 Å². The molecule has 5 heteroatoms. The number of hydrogen-bond acceptors (Lipinski definition) is 2. The molecule has 16 heavy (non-hydrogen) atoms. The summed E-state index contributed by atoms with van der Waals surface area (Å²) in [5, 5.41) is 2.66. The molecule has 0 aliphatic carbocycles. The van der Waals surface area contributed by atoms with Gasteiger partial charge < -0.3 is 5.32 Å². The van der Waals surface area contributed by atoms with E-state index in [4.69, 9.17) is 0 Å². The van der Waals surface area contributed by atoms with Crippen molar-refractivity contribution in [2.75, 3.05) is 13.1 Å². The van der Waals surface area contributed by atoms with Gasteiger partial charge in [0, 0.05) is 12.5 Å². The van der Waals surface area contributed by atoms with Crippen LogP contribution in [0.3, 0.4) is 0 Å². The molecule has 1 aliphatic heterocycles. The second-order valence-corrected chi connectivity index (χ2v) is 4.56. The average Bonchev–Trinajstić information content (AvgIpc) is 2.65. The Morgan fingerprint density at radius 1 is 1.50 bits per heavy atom. The van der Waals surface area contributed by atoms with Crippen LogP contribution in [0, 0.1) is 11.3 Å². The summed E-state index contributed by atoms with van der Waals surface area (Å²) in [7, 11) is 0. The lowest BCUT2D eigenvalue weighted by atomic mass is 9.76. The normalized spacial score (nSPS) is 28.1. The van der Waals surface area contributed by atoms with E-state index in [-0.39, 0.29) is 19.5 Å². The third-order valence-corrected chi connectivity index (χ3v) is 3.34. The highest BCUT2D eigenvalue weighted by Gasteiger charge is 2.61. The predicted molar refractivity (Wildman–Crippen MR) is 55.1 cm³/mol. The molecule has 0 aromatic heterocycles. The first-order chi connectivity index (χ1) is 7.35. The molecule has 0 aromatic rings. The zero-order valence-corrected chi connectivity index (χ0v) is 9.66. The number of alkyl halides is 3. The zero-order valence-electron chi connectivity index (χ0n) is 9.66. The van der Waals surface area contributed by atoms with Crippen LogP contribution in [0.25, 0.3) is 0 Å². The summed E-state index contributed by atoms with van der Waals surface area (Å²) in [6.45, 7) is 3.47. The molecule has 0 radical (unpaired) electrons. The molecule has 1 aliphatic rings. The lowest BCUT2D eigenvalue weighted by Crippen LogP contribution is -2.48. The second kappa shape index (κ2) is 4.73. The van der Waals surface area contributed by atoms with Crippen molar-refractivity contribution >= 4 is 5.78 Å². The minimum atomic E-state index is -4.43. The number of nitrogens with one attached hydrogen (secondary N) is 1. The maximum Gasteiger partial charge on any atom is 0.402 e. The second-order valence-electron chi connectivity index (χ2n) is 4.56. The van der Waals surface area contributed by atoms with E-state index in [9.17, 15) is 18.0 Å². The van der Waals surface area contributed by atoms with E-state index < -0.39 is 23.3 Å². The number of carbonyl (C=O) groups excluding carboxylic acids is 1. The van der Waals surface area contributed by atoms with Crippen molar-refractivity contribution in [3.63, 3.8) is 0 Å². The summed E-state index contributed by atoms with van der Waals surface area (Å²) in [5.74, 6) is -1.15. The largest absolute Gasteiger partial charge is 0.402 e. The van der Waals surface area contributed by atoms with Crippen molar-refractivity contribution in [2.24, 2.45) is 11.3 Å². The van der Waals surface area contributed by atoms with E-state index in [1.54, 1.807) is 6.92 Å². The summed E-state index contributed by atoms with van der Waals surface area (Å²) in [4.78, 5) is 11.9. The van der Waals surface area contributed by atoms with E-state index in [2.05, 4.69) is 5.32 Å². The average molecular weight is 237 g/mol. The molecule has 1 saturated heterocycles. The first-order valence-corrected chi connectivity index (χ1v) is 5.67. The van der Waals surface area contributed by atoms with Gasteiger partial charge in [-0.1, -0.05) is 20.3 Å². The van der Waals surface area contributed by atoms with E-state index in [0.717, 1.165) is 6.42 Å². The number of carbonyl (C=O) groups is 1. The molecular weight excluding hydrogens is 219 g/mol. The van der Waals surface area contributed by atoms with Gasteiger partial charge in [0.2, 0.25) is 0 Å². The number of halogens is 3. The van der Waals surface area contributed by atoms with Gasteiger partial charge in [-0.2, -0.15) is 13.2 Å². The van der Waals surface area contributed by atoms with Gasteiger partial charge in [0.05, 0.1) is 0 Å². The van der Waals surface area contributed by atoms with Crippen molar-refractivity contribution in [3.05, 3.63) is 0 Å². The fraction of sp³-hybridized carbons (Fsp3) is 0.909. The molecule has 2 nitrogen and oxygen atoms in total. The molecule has 0 bridgehead atoms. The molecule has 1 rings (SSSR count). The predicted octanol–water partition coefficient (Wildman–Crippen LogP) is 2.53. The van der Waals surface area contributed by atoms with Crippen LogP contribution in [0.2, 0.25) is 0 Å². The van der Waals surface area contributed by atoms with Crippen LogP contribution in [0.5, 0.6) is 0 Å². The molecule has 0 saturated carbocycles. The van der Waals surface area contributed by atoms with Crippen LogP contribution < -0.4 is 5.32 Å². The van der Waals surface area contributed by atoms with Crippen molar-refractivity contribution < 1.29 is 18.0 Å². The van der Waals surface area contributed by atoms with E-state index in [0.29, 0.717) is 6.42 Å². The molecule has 2 atom stereocenters. The fourth-order valence-electron chi connectivity index (χ4n) is 2.32. The molecule has 0 amide bonds. The molecule has 0 aromatic carbocycles. The van der Waals surface area contributed by atoms with E-state index in [1.807, 2.05) is 6.92 Å². The van der Waals surface area contributed by atoms with Gasteiger partial charge in [-0.3, -0.25) is 4.79 Å². The lowest BCUT2D eigenvalue weighted by molar-refractivity contribution is -0.216. The van der Waals surface area contributed by atoms with Crippen molar-refractivity contribution in [2.45, 2.75) is 39.3 Å². The molecule has 94 valence electrons. The van der Waals surface area contributed by atoms with Gasteiger partial charge in [-0.15, -0.1) is 0 Å². The molecule has 1 N–H and O–H groups in total. The van der Waals surface area contributed by atoms with Gasteiger partial charge in [0.25, 0.3) is 0 Å². The van der Waals surface area contributed by atoms with Gasteiger partial charge in [0.1, 0.15) is 5.41 Å². The molecule has 1 fully saturated rings. The summed E-state index contributed by atoms with van der Waals surface area (Å²) < 4.78 is 39.0. The Kier molecular flexibility index (Phi) is 3.99. The number of Topliss-reactive ketones (excluding diaryl/α,β-unsaturated/α-hetero) is 1. The minimum absolute atomic E-state index is 0.122. The fourth-order valence-corrected chi connectivity index (χ4v) is 2.32. The number of hydrogen-bond donors (Lipinski definition) is 1. The van der Waals surface area contributed by atoms with Gasteiger partial charge in [-0.05, 0) is 19.4 Å². The third-order valence-electron chi connectivity index (χ3n) is 3.34. The highest BCUT2D eigenvalue weighted by molar-refractivity contribution is 5.88. The highest BCUT2D eigenvalue weighted by Crippen LogP contribution is 2.45. The lowest BCUT2D eigenvalue weighted by Gasteiger charge is -2.31.